The van der Waals surface area contributed by atoms with Gasteiger partial charge in [-0.15, -0.1) is 0 Å². The number of piperazine rings is 1. The summed E-state index contributed by atoms with van der Waals surface area (Å²) in [6.07, 6.45) is 3.38. The Bertz CT molecular complexity index is 906. The Morgan fingerprint density at radius 2 is 1.78 bits per heavy atom. The van der Waals surface area contributed by atoms with Crippen molar-refractivity contribution in [3.8, 4) is 11.3 Å². The van der Waals surface area contributed by atoms with Crippen molar-refractivity contribution in [2.45, 2.75) is 0 Å². The van der Waals surface area contributed by atoms with E-state index < -0.39 is 0 Å². The quantitative estimate of drug-likeness (QED) is 0.715. The first kappa shape index (κ1) is 17.6. The average Bonchev–Trinajstić information content (AvgIpc) is 2.74. The fraction of sp³-hybridized carbons (Fsp3) is 0.350. The van der Waals surface area contributed by atoms with Gasteiger partial charge < -0.3 is 15.3 Å². The van der Waals surface area contributed by atoms with Crippen LogP contribution in [0.2, 0.25) is 0 Å². The van der Waals surface area contributed by atoms with Crippen molar-refractivity contribution in [3.63, 3.8) is 0 Å². The number of aliphatic hydroxyl groups is 1. The Morgan fingerprint density at radius 3 is 2.48 bits per heavy atom. The number of aliphatic hydroxyl groups excluding tert-OH is 1. The molecule has 1 fully saturated rings. The molecule has 0 radical (unpaired) electrons. The van der Waals surface area contributed by atoms with Crippen molar-refractivity contribution >= 4 is 22.5 Å². The van der Waals surface area contributed by atoms with Gasteiger partial charge in [-0.2, -0.15) is 0 Å². The van der Waals surface area contributed by atoms with Crippen LogP contribution in [0, 0.1) is 0 Å². The molecule has 0 amide bonds. The molecule has 1 aliphatic heterocycles. The number of hydrogen-bond acceptors (Lipinski definition) is 7. The highest BCUT2D eigenvalue weighted by Gasteiger charge is 2.17. The van der Waals surface area contributed by atoms with Gasteiger partial charge in [0.15, 0.2) is 5.82 Å². The Labute approximate surface area is 158 Å². The lowest BCUT2D eigenvalue weighted by Crippen LogP contribution is -2.47. The maximum Gasteiger partial charge on any atom is 0.154 e. The molecule has 140 valence electrons. The zero-order valence-electron chi connectivity index (χ0n) is 15.5. The Balaban J connectivity index is 1.55. The monoisotopic (exact) mass is 364 g/mol. The van der Waals surface area contributed by atoms with E-state index in [1.807, 2.05) is 13.1 Å². The van der Waals surface area contributed by atoms with E-state index in [2.05, 4.69) is 49.4 Å². The molecule has 0 bridgehead atoms. The van der Waals surface area contributed by atoms with Gasteiger partial charge in [0.05, 0.1) is 17.8 Å². The fourth-order valence-electron chi connectivity index (χ4n) is 3.51. The molecule has 0 spiro atoms. The van der Waals surface area contributed by atoms with Crippen LogP contribution in [0.3, 0.4) is 0 Å². The van der Waals surface area contributed by atoms with Crippen molar-refractivity contribution in [2.75, 3.05) is 56.6 Å². The zero-order valence-corrected chi connectivity index (χ0v) is 15.5. The van der Waals surface area contributed by atoms with E-state index in [0.717, 1.165) is 60.8 Å². The predicted octanol–water partition coefficient (Wildman–Crippen LogP) is 1.85. The Hall–Kier alpha value is -2.77. The third-order valence-corrected chi connectivity index (χ3v) is 5.01. The van der Waals surface area contributed by atoms with Crippen LogP contribution in [0.15, 0.2) is 42.7 Å². The molecule has 7 heteroatoms. The van der Waals surface area contributed by atoms with Crippen LogP contribution in [0.4, 0.5) is 11.5 Å². The second kappa shape index (κ2) is 7.85. The van der Waals surface area contributed by atoms with Gasteiger partial charge in [0, 0.05) is 63.4 Å². The van der Waals surface area contributed by atoms with Gasteiger partial charge in [-0.05, 0) is 18.2 Å². The first-order valence-corrected chi connectivity index (χ1v) is 9.26. The summed E-state index contributed by atoms with van der Waals surface area (Å²) in [5, 5.41) is 12.2. The smallest absolute Gasteiger partial charge is 0.154 e. The van der Waals surface area contributed by atoms with Gasteiger partial charge in [0.25, 0.3) is 0 Å². The number of nitrogens with one attached hydrogen (secondary N) is 1. The summed E-state index contributed by atoms with van der Waals surface area (Å²) in [6.45, 7) is 4.92. The highest BCUT2D eigenvalue weighted by atomic mass is 16.3. The van der Waals surface area contributed by atoms with Gasteiger partial charge >= 0.3 is 0 Å². The Morgan fingerprint density at radius 1 is 1.04 bits per heavy atom. The lowest BCUT2D eigenvalue weighted by molar-refractivity contribution is 0.189. The maximum absolute atomic E-state index is 9.07. The molecule has 0 aliphatic carbocycles. The number of anilines is 2. The van der Waals surface area contributed by atoms with E-state index in [4.69, 9.17) is 10.1 Å². The minimum absolute atomic E-state index is 0.229. The van der Waals surface area contributed by atoms with Crippen molar-refractivity contribution in [1.29, 1.82) is 0 Å². The topological polar surface area (TPSA) is 77.4 Å². The van der Waals surface area contributed by atoms with E-state index in [1.54, 1.807) is 12.4 Å². The van der Waals surface area contributed by atoms with Crippen LogP contribution >= 0.6 is 0 Å². The molecule has 2 N–H and O–H groups in total. The Kier molecular flexibility index (Phi) is 5.13. The van der Waals surface area contributed by atoms with Gasteiger partial charge in [0.2, 0.25) is 0 Å². The zero-order chi connectivity index (χ0) is 18.6. The van der Waals surface area contributed by atoms with Crippen LogP contribution in [0.1, 0.15) is 0 Å². The third kappa shape index (κ3) is 3.70. The molecule has 3 aromatic rings. The molecular weight excluding hydrogens is 340 g/mol. The van der Waals surface area contributed by atoms with E-state index in [0.29, 0.717) is 0 Å². The SMILES string of the molecule is CNc1nc(-c2ccc(N3CCN(CCO)CC3)cc2)cc2nccnc12. The molecule has 4 rings (SSSR count). The van der Waals surface area contributed by atoms with Crippen LogP contribution in [-0.4, -0.2) is 71.3 Å². The van der Waals surface area contributed by atoms with Crippen molar-refractivity contribution in [3.05, 3.63) is 42.7 Å². The molecule has 1 aromatic carbocycles. The summed E-state index contributed by atoms with van der Waals surface area (Å²) >= 11 is 0. The minimum atomic E-state index is 0.229. The number of aromatic nitrogens is 3. The summed E-state index contributed by atoms with van der Waals surface area (Å²) in [6, 6.07) is 10.5. The maximum atomic E-state index is 9.07. The molecule has 7 nitrogen and oxygen atoms in total. The van der Waals surface area contributed by atoms with Crippen molar-refractivity contribution < 1.29 is 5.11 Å². The normalized spacial score (nSPS) is 15.3. The number of nitrogens with zero attached hydrogens (tertiary/aromatic N) is 5. The number of fused-ring (bicyclic) bond motifs is 1. The first-order valence-electron chi connectivity index (χ1n) is 9.26. The molecule has 27 heavy (non-hydrogen) atoms. The van der Waals surface area contributed by atoms with Crippen LogP contribution in [0.5, 0.6) is 0 Å². The van der Waals surface area contributed by atoms with E-state index in [1.165, 1.54) is 5.69 Å². The highest BCUT2D eigenvalue weighted by molar-refractivity contribution is 5.88. The van der Waals surface area contributed by atoms with Crippen LogP contribution in [-0.2, 0) is 0 Å². The highest BCUT2D eigenvalue weighted by Crippen LogP contribution is 2.27. The first-order chi connectivity index (χ1) is 13.3. The second-order valence-corrected chi connectivity index (χ2v) is 6.63. The molecule has 0 saturated carbocycles. The second-order valence-electron chi connectivity index (χ2n) is 6.63. The summed E-state index contributed by atoms with van der Waals surface area (Å²) in [4.78, 5) is 18.2. The van der Waals surface area contributed by atoms with Crippen molar-refractivity contribution in [2.24, 2.45) is 0 Å². The van der Waals surface area contributed by atoms with Gasteiger partial charge in [0.1, 0.15) is 5.52 Å². The molecule has 0 unspecified atom stereocenters. The van der Waals surface area contributed by atoms with Gasteiger partial charge in [-0.1, -0.05) is 12.1 Å². The summed E-state index contributed by atoms with van der Waals surface area (Å²) < 4.78 is 0. The average molecular weight is 364 g/mol. The largest absolute Gasteiger partial charge is 0.395 e. The van der Waals surface area contributed by atoms with Crippen LogP contribution < -0.4 is 10.2 Å². The summed E-state index contributed by atoms with van der Waals surface area (Å²) in [5.74, 6) is 0.736. The molecule has 1 saturated heterocycles. The number of pyridine rings is 1. The summed E-state index contributed by atoms with van der Waals surface area (Å²) in [5.41, 5.74) is 4.77. The molecular formula is C20H24N6O. The third-order valence-electron chi connectivity index (χ3n) is 5.01. The predicted molar refractivity (Wildman–Crippen MR) is 108 cm³/mol. The lowest BCUT2D eigenvalue weighted by Gasteiger charge is -2.35. The van der Waals surface area contributed by atoms with Gasteiger partial charge in [-0.25, -0.2) is 9.97 Å². The molecule has 1 aliphatic rings. The van der Waals surface area contributed by atoms with E-state index in [9.17, 15) is 0 Å². The fourth-order valence-corrected chi connectivity index (χ4v) is 3.51. The molecule has 2 aromatic heterocycles. The molecule has 3 heterocycles. The standard InChI is InChI=1S/C20H24N6O/c1-21-20-19-18(22-6-7-23-19)14-17(24-20)15-2-4-16(5-3-15)26-10-8-25(9-11-26)12-13-27/h2-7,14,27H,8-13H2,1H3,(H,21,24). The van der Waals surface area contributed by atoms with Gasteiger partial charge in [-0.3, -0.25) is 9.88 Å². The summed E-state index contributed by atoms with van der Waals surface area (Å²) in [7, 11) is 1.85. The molecule has 0 atom stereocenters. The lowest BCUT2D eigenvalue weighted by atomic mass is 10.1. The van der Waals surface area contributed by atoms with E-state index in [-0.39, 0.29) is 6.61 Å². The van der Waals surface area contributed by atoms with E-state index >= 15 is 0 Å². The van der Waals surface area contributed by atoms with Crippen LogP contribution in [0.25, 0.3) is 22.3 Å². The minimum Gasteiger partial charge on any atom is -0.395 e. The number of β-amino-alcohol motifs (C(OH)–C–C–N with tert-alkyl or cyclic N) is 1. The number of benzene rings is 1. The number of hydrogen-bond donors (Lipinski definition) is 2. The number of rotatable bonds is 5. The van der Waals surface area contributed by atoms with Crippen molar-refractivity contribution in [1.82, 2.24) is 19.9 Å².